The molecule has 5 nitrogen and oxygen atoms in total. The molecule has 1 saturated carbocycles. The van der Waals surface area contributed by atoms with Gasteiger partial charge in [-0.25, -0.2) is 13.6 Å². The quantitative estimate of drug-likeness (QED) is 0.584. The first-order chi connectivity index (χ1) is 12.8. The van der Waals surface area contributed by atoms with Crippen LogP contribution < -0.4 is 0 Å². The molecular formula is C18H13Cl2F2N3O2. The monoisotopic (exact) mass is 411 g/mol. The largest absolute Gasteiger partial charge is 0.465 e. The lowest BCUT2D eigenvalue weighted by Gasteiger charge is -2.10. The number of carbonyl (C=O) groups is 1. The van der Waals surface area contributed by atoms with Gasteiger partial charge in [0.25, 0.3) is 5.92 Å². The van der Waals surface area contributed by atoms with Crippen LogP contribution in [0.5, 0.6) is 0 Å². The highest BCUT2D eigenvalue weighted by Crippen LogP contribution is 2.50. The van der Waals surface area contributed by atoms with Crippen molar-refractivity contribution in [2.24, 2.45) is 5.92 Å². The zero-order valence-corrected chi connectivity index (χ0v) is 15.6. The van der Waals surface area contributed by atoms with Crippen molar-refractivity contribution < 1.29 is 18.3 Å². The Morgan fingerprint density at radius 1 is 1.30 bits per heavy atom. The number of fused-ring (bicyclic) bond motifs is 1. The molecule has 2 aromatic heterocycles. The molecule has 1 aliphatic carbocycles. The first-order valence-corrected chi connectivity index (χ1v) is 8.85. The second-order valence-electron chi connectivity index (χ2n) is 6.41. The fourth-order valence-electron chi connectivity index (χ4n) is 3.01. The summed E-state index contributed by atoms with van der Waals surface area (Å²) in [7, 11) is 1.29. The first-order valence-electron chi connectivity index (χ1n) is 8.10. The molecule has 3 aromatic rings. The third kappa shape index (κ3) is 3.15. The molecule has 0 bridgehead atoms. The molecule has 9 heteroatoms. The molecule has 1 aromatic carbocycles. The standard InChI is InChI=1S/C18H13Cl2F2N3O2/c1-27-17(26)9-2-3-11(13(19)6-9)12-4-5-25-14(7-10-8-18(10,21)22)23-24-16(25)15(12)20/h2-6,10H,7-8H2,1H3. The highest BCUT2D eigenvalue weighted by atomic mass is 35.5. The zero-order valence-electron chi connectivity index (χ0n) is 14.0. The van der Waals surface area contributed by atoms with E-state index < -0.39 is 17.8 Å². The lowest BCUT2D eigenvalue weighted by molar-refractivity contribution is 0.0600. The highest BCUT2D eigenvalue weighted by molar-refractivity contribution is 6.38. The summed E-state index contributed by atoms with van der Waals surface area (Å²) in [4.78, 5) is 11.6. The van der Waals surface area contributed by atoms with Gasteiger partial charge in [0, 0.05) is 41.1 Å². The molecule has 2 heterocycles. The van der Waals surface area contributed by atoms with E-state index in [0.717, 1.165) is 0 Å². The summed E-state index contributed by atoms with van der Waals surface area (Å²) in [6.45, 7) is 0. The van der Waals surface area contributed by atoms with Crippen LogP contribution >= 0.6 is 23.2 Å². The Labute approximate surface area is 162 Å². The Kier molecular flexibility index (Phi) is 4.31. The average molecular weight is 412 g/mol. The van der Waals surface area contributed by atoms with E-state index in [1.54, 1.807) is 28.8 Å². The number of carbonyl (C=O) groups excluding carboxylic acids is 1. The molecule has 1 fully saturated rings. The molecule has 0 spiro atoms. The van der Waals surface area contributed by atoms with Crippen molar-refractivity contribution >= 4 is 34.8 Å². The molecular weight excluding hydrogens is 399 g/mol. The maximum Gasteiger partial charge on any atom is 0.337 e. The average Bonchev–Trinajstić information content (AvgIpc) is 3.04. The minimum absolute atomic E-state index is 0.129. The summed E-state index contributed by atoms with van der Waals surface area (Å²) < 4.78 is 32.6. The number of hydrogen-bond donors (Lipinski definition) is 0. The smallest absolute Gasteiger partial charge is 0.337 e. The van der Waals surface area contributed by atoms with Gasteiger partial charge in [0.05, 0.1) is 17.7 Å². The lowest BCUT2D eigenvalue weighted by Crippen LogP contribution is -2.02. The van der Waals surface area contributed by atoms with Gasteiger partial charge in [0.1, 0.15) is 5.82 Å². The van der Waals surface area contributed by atoms with Crippen LogP contribution in [0.15, 0.2) is 30.5 Å². The molecule has 140 valence electrons. The second kappa shape index (κ2) is 6.42. The number of pyridine rings is 1. The van der Waals surface area contributed by atoms with Crippen LogP contribution in [0.25, 0.3) is 16.8 Å². The normalized spacial score (nSPS) is 17.9. The number of aromatic nitrogens is 3. The predicted octanol–water partition coefficient (Wildman–Crippen LogP) is 4.69. The number of ether oxygens (including phenoxy) is 1. The van der Waals surface area contributed by atoms with E-state index in [4.69, 9.17) is 23.2 Å². The highest BCUT2D eigenvalue weighted by Gasteiger charge is 2.56. The third-order valence-corrected chi connectivity index (χ3v) is 5.34. The molecule has 4 rings (SSSR count). The molecule has 0 amide bonds. The van der Waals surface area contributed by atoms with Crippen molar-refractivity contribution in [3.63, 3.8) is 0 Å². The SMILES string of the molecule is COC(=O)c1ccc(-c2ccn3c(CC4CC4(F)F)nnc3c2Cl)c(Cl)c1. The van der Waals surface area contributed by atoms with Crippen molar-refractivity contribution in [2.75, 3.05) is 7.11 Å². The third-order valence-electron chi connectivity index (χ3n) is 4.65. The van der Waals surface area contributed by atoms with Crippen LogP contribution in [-0.2, 0) is 11.2 Å². The van der Waals surface area contributed by atoms with Crippen molar-refractivity contribution in [1.29, 1.82) is 0 Å². The van der Waals surface area contributed by atoms with Crippen LogP contribution in [0.4, 0.5) is 8.78 Å². The van der Waals surface area contributed by atoms with Gasteiger partial charge in [0.15, 0.2) is 5.65 Å². The van der Waals surface area contributed by atoms with E-state index in [0.29, 0.717) is 38.2 Å². The number of esters is 1. The van der Waals surface area contributed by atoms with Crippen LogP contribution in [0.3, 0.4) is 0 Å². The van der Waals surface area contributed by atoms with Gasteiger partial charge in [-0.1, -0.05) is 29.3 Å². The number of hydrogen-bond acceptors (Lipinski definition) is 4. The maximum absolute atomic E-state index is 13.2. The zero-order chi connectivity index (χ0) is 19.3. The molecule has 0 aliphatic heterocycles. The minimum Gasteiger partial charge on any atom is -0.465 e. The Bertz CT molecular complexity index is 1070. The van der Waals surface area contributed by atoms with Crippen LogP contribution in [0.2, 0.25) is 10.0 Å². The van der Waals surface area contributed by atoms with Crippen LogP contribution in [0, 0.1) is 5.92 Å². The first kappa shape index (κ1) is 18.1. The van der Waals surface area contributed by atoms with Crippen molar-refractivity contribution in [3.8, 4) is 11.1 Å². The van der Waals surface area contributed by atoms with Crippen molar-refractivity contribution in [3.05, 3.63) is 51.9 Å². The fourth-order valence-corrected chi connectivity index (χ4v) is 3.59. The van der Waals surface area contributed by atoms with E-state index >= 15 is 0 Å². The molecule has 0 N–H and O–H groups in total. The number of rotatable bonds is 4. The summed E-state index contributed by atoms with van der Waals surface area (Å²) in [5, 5.41) is 8.67. The minimum atomic E-state index is -2.62. The summed E-state index contributed by atoms with van der Waals surface area (Å²) >= 11 is 12.8. The molecule has 1 atom stereocenters. The summed E-state index contributed by atoms with van der Waals surface area (Å²) in [6, 6.07) is 6.45. The summed E-state index contributed by atoms with van der Waals surface area (Å²) in [5.74, 6) is -3.38. The summed E-state index contributed by atoms with van der Waals surface area (Å²) in [5.41, 5.74) is 1.89. The van der Waals surface area contributed by atoms with Gasteiger partial charge in [-0.3, -0.25) is 4.40 Å². The van der Waals surface area contributed by atoms with E-state index in [-0.39, 0.29) is 12.8 Å². The van der Waals surface area contributed by atoms with Crippen LogP contribution in [-0.4, -0.2) is 33.6 Å². The van der Waals surface area contributed by atoms with Crippen molar-refractivity contribution in [1.82, 2.24) is 14.6 Å². The van der Waals surface area contributed by atoms with Gasteiger partial charge in [-0.2, -0.15) is 0 Å². The molecule has 0 saturated heterocycles. The Morgan fingerprint density at radius 3 is 2.67 bits per heavy atom. The van der Waals surface area contributed by atoms with E-state index in [1.165, 1.54) is 13.2 Å². The van der Waals surface area contributed by atoms with Gasteiger partial charge in [-0.05, 0) is 18.2 Å². The Balaban J connectivity index is 1.71. The molecule has 1 unspecified atom stereocenters. The second-order valence-corrected chi connectivity index (χ2v) is 7.19. The van der Waals surface area contributed by atoms with E-state index in [9.17, 15) is 13.6 Å². The fraction of sp³-hybridized carbons (Fsp3) is 0.278. The Hall–Kier alpha value is -2.25. The van der Waals surface area contributed by atoms with E-state index in [1.807, 2.05) is 0 Å². The predicted molar refractivity (Wildman–Crippen MR) is 96.5 cm³/mol. The number of halogens is 4. The number of alkyl halides is 2. The van der Waals surface area contributed by atoms with Gasteiger partial charge >= 0.3 is 5.97 Å². The lowest BCUT2D eigenvalue weighted by atomic mass is 10.0. The van der Waals surface area contributed by atoms with Gasteiger partial charge in [-0.15, -0.1) is 10.2 Å². The maximum atomic E-state index is 13.2. The number of methoxy groups -OCH3 is 1. The van der Waals surface area contributed by atoms with Crippen molar-refractivity contribution in [2.45, 2.75) is 18.8 Å². The van der Waals surface area contributed by atoms with Crippen LogP contribution in [0.1, 0.15) is 22.6 Å². The topological polar surface area (TPSA) is 56.5 Å². The number of benzene rings is 1. The molecule has 1 aliphatic rings. The van der Waals surface area contributed by atoms with Gasteiger partial charge < -0.3 is 4.74 Å². The van der Waals surface area contributed by atoms with E-state index in [2.05, 4.69) is 14.9 Å². The Morgan fingerprint density at radius 2 is 2.04 bits per heavy atom. The summed E-state index contributed by atoms with van der Waals surface area (Å²) in [6.07, 6.45) is 1.69. The molecule has 0 radical (unpaired) electrons. The van der Waals surface area contributed by atoms with Gasteiger partial charge in [0.2, 0.25) is 0 Å². The molecule has 27 heavy (non-hydrogen) atoms. The number of nitrogens with zero attached hydrogens (tertiary/aromatic N) is 3.